The number of allylic oxidation sites excluding steroid dienone is 2. The van der Waals surface area contributed by atoms with Crippen molar-refractivity contribution in [1.29, 1.82) is 0 Å². The van der Waals surface area contributed by atoms with Crippen LogP contribution >= 0.6 is 7.52 Å². The van der Waals surface area contributed by atoms with Crippen LogP contribution in [0.4, 0.5) is 0 Å². The van der Waals surface area contributed by atoms with Crippen LogP contribution in [0, 0.1) is 0 Å². The fraction of sp³-hybridized carbons (Fsp3) is 0.640. The van der Waals surface area contributed by atoms with E-state index in [-0.39, 0.29) is 17.8 Å². The Morgan fingerprint density at radius 2 is 2.00 bits per heavy atom. The van der Waals surface area contributed by atoms with Gasteiger partial charge in [0.2, 0.25) is 0 Å². The molecule has 6 nitrogen and oxygen atoms in total. The van der Waals surface area contributed by atoms with Gasteiger partial charge in [-0.05, 0) is 77.5 Å². The van der Waals surface area contributed by atoms with Gasteiger partial charge in [0.25, 0.3) is 0 Å². The van der Waals surface area contributed by atoms with Crippen LogP contribution in [0.25, 0.3) is 0 Å². The molecule has 0 aliphatic heterocycles. The van der Waals surface area contributed by atoms with Gasteiger partial charge in [0.05, 0.1) is 6.10 Å². The Bertz CT molecular complexity index is 864. The number of hydrogen-bond acceptors (Lipinski definition) is 5. The summed E-state index contributed by atoms with van der Waals surface area (Å²) in [5, 5.41) is 13.7. The molecule has 2 unspecified atom stereocenters. The fourth-order valence-corrected chi connectivity index (χ4v) is 5.52. The number of benzene rings is 1. The van der Waals surface area contributed by atoms with Crippen molar-refractivity contribution in [3.05, 3.63) is 34.9 Å². The summed E-state index contributed by atoms with van der Waals surface area (Å²) in [6.45, 7) is 10.8. The van der Waals surface area contributed by atoms with Gasteiger partial charge < -0.3 is 14.4 Å². The molecule has 1 aliphatic rings. The first-order valence-corrected chi connectivity index (χ1v) is 13.9. The lowest BCUT2D eigenvalue weighted by Gasteiger charge is -2.26. The lowest BCUT2D eigenvalue weighted by molar-refractivity contribution is -0.149. The first-order chi connectivity index (χ1) is 15.0. The zero-order valence-electron chi connectivity index (χ0n) is 20.4. The van der Waals surface area contributed by atoms with Crippen LogP contribution in [-0.2, 0) is 20.5 Å². The second kappa shape index (κ2) is 11.9. The number of aromatic hydroxyl groups is 1. The molecule has 180 valence electrons. The minimum Gasteiger partial charge on any atom is -0.507 e. The summed E-state index contributed by atoms with van der Waals surface area (Å²) in [5.41, 5.74) is 2.91. The molecule has 1 aromatic carbocycles. The smallest absolute Gasteiger partial charge is 0.323 e. The van der Waals surface area contributed by atoms with Crippen molar-refractivity contribution >= 4 is 13.5 Å². The number of unbranched alkanes of at least 4 members (excludes halogenated alkanes) is 2. The molecular formula is C25H40NO5P. The molecule has 0 bridgehead atoms. The average molecular weight is 466 g/mol. The molecule has 0 radical (unpaired) electrons. The molecule has 0 saturated heterocycles. The standard InChI is InChI=1S/C25H40NO5P/c1-7-8-9-12-20-15-22(27)24(21-13-10-11-18(4)14-21)23(16-20)31-32(6,29)26-19(5)25(28)30-17(2)3/h14-17,19,21,27H,7-13H2,1-6H3,(H,26,29)/t19-,21?,32?/m0/s1. The summed E-state index contributed by atoms with van der Waals surface area (Å²) in [6, 6.07) is 2.93. The fourth-order valence-electron chi connectivity index (χ4n) is 4.13. The number of ether oxygens (including phenoxy) is 1. The van der Waals surface area contributed by atoms with E-state index >= 15 is 0 Å². The van der Waals surface area contributed by atoms with Crippen LogP contribution in [-0.4, -0.2) is 29.9 Å². The van der Waals surface area contributed by atoms with Crippen molar-refractivity contribution in [3.63, 3.8) is 0 Å². The highest BCUT2D eigenvalue weighted by Crippen LogP contribution is 2.48. The number of phenols is 1. The summed E-state index contributed by atoms with van der Waals surface area (Å²) in [4.78, 5) is 12.2. The molecule has 32 heavy (non-hydrogen) atoms. The maximum absolute atomic E-state index is 13.3. The molecule has 1 aliphatic carbocycles. The average Bonchev–Trinajstić information content (AvgIpc) is 2.66. The summed E-state index contributed by atoms with van der Waals surface area (Å²) in [5.74, 6) is 0.132. The maximum Gasteiger partial charge on any atom is 0.323 e. The minimum atomic E-state index is -3.42. The largest absolute Gasteiger partial charge is 0.507 e. The zero-order chi connectivity index (χ0) is 23.9. The van der Waals surface area contributed by atoms with Gasteiger partial charge in [-0.2, -0.15) is 0 Å². The third-order valence-electron chi connectivity index (χ3n) is 5.60. The number of carbonyl (C=O) groups is 1. The van der Waals surface area contributed by atoms with Crippen molar-refractivity contribution in [2.45, 2.75) is 97.6 Å². The molecule has 0 fully saturated rings. The molecule has 7 heteroatoms. The predicted molar refractivity (Wildman–Crippen MR) is 130 cm³/mol. The van der Waals surface area contributed by atoms with Crippen LogP contribution in [0.1, 0.15) is 90.2 Å². The van der Waals surface area contributed by atoms with Crippen molar-refractivity contribution in [3.8, 4) is 11.5 Å². The van der Waals surface area contributed by atoms with Crippen molar-refractivity contribution in [2.24, 2.45) is 0 Å². The molecule has 2 rings (SSSR count). The van der Waals surface area contributed by atoms with Gasteiger partial charge in [0, 0.05) is 18.1 Å². The van der Waals surface area contributed by atoms with Gasteiger partial charge in [-0.25, -0.2) is 5.09 Å². The number of rotatable bonds is 11. The molecular weight excluding hydrogens is 425 g/mol. The van der Waals surface area contributed by atoms with E-state index in [0.717, 1.165) is 50.5 Å². The second-order valence-corrected chi connectivity index (χ2v) is 11.4. The van der Waals surface area contributed by atoms with Gasteiger partial charge in [0.1, 0.15) is 17.5 Å². The van der Waals surface area contributed by atoms with Crippen molar-refractivity contribution in [1.82, 2.24) is 5.09 Å². The Kier molecular flexibility index (Phi) is 9.84. The topological polar surface area (TPSA) is 84.9 Å². The van der Waals surface area contributed by atoms with E-state index in [1.165, 1.54) is 12.2 Å². The highest BCUT2D eigenvalue weighted by molar-refractivity contribution is 7.56. The Balaban J connectivity index is 2.34. The van der Waals surface area contributed by atoms with E-state index in [1.54, 1.807) is 20.8 Å². The third kappa shape index (κ3) is 7.97. The Labute approximate surface area is 193 Å². The van der Waals surface area contributed by atoms with Gasteiger partial charge in [-0.1, -0.05) is 31.4 Å². The monoisotopic (exact) mass is 465 g/mol. The van der Waals surface area contributed by atoms with Crippen LogP contribution in [0.2, 0.25) is 0 Å². The normalized spacial score (nSPS) is 19.2. The van der Waals surface area contributed by atoms with E-state index in [1.807, 2.05) is 12.1 Å². The summed E-state index contributed by atoms with van der Waals surface area (Å²) >= 11 is 0. The molecule has 0 saturated carbocycles. The number of phenolic OH excluding ortho intramolecular Hbond substituents is 1. The maximum atomic E-state index is 13.3. The Hall–Kier alpha value is -1.78. The van der Waals surface area contributed by atoms with Crippen LogP contribution in [0.15, 0.2) is 23.8 Å². The number of aryl methyl sites for hydroxylation is 1. The first kappa shape index (κ1) is 26.5. The van der Waals surface area contributed by atoms with Gasteiger partial charge in [0.15, 0.2) is 0 Å². The lowest BCUT2D eigenvalue weighted by atomic mass is 9.84. The second-order valence-electron chi connectivity index (χ2n) is 9.27. The zero-order valence-corrected chi connectivity index (χ0v) is 21.3. The summed E-state index contributed by atoms with van der Waals surface area (Å²) in [6.07, 6.45) is 8.93. The van der Waals surface area contributed by atoms with Gasteiger partial charge in [-0.3, -0.25) is 9.36 Å². The molecule has 0 amide bonds. The number of carbonyl (C=O) groups excluding carboxylic acids is 1. The quantitative estimate of drug-likeness (QED) is 0.169. The first-order valence-electron chi connectivity index (χ1n) is 11.8. The third-order valence-corrected chi connectivity index (χ3v) is 7.00. The van der Waals surface area contributed by atoms with Crippen LogP contribution < -0.4 is 9.61 Å². The summed E-state index contributed by atoms with van der Waals surface area (Å²) in [7, 11) is -3.42. The van der Waals surface area contributed by atoms with E-state index in [4.69, 9.17) is 9.26 Å². The van der Waals surface area contributed by atoms with E-state index < -0.39 is 19.5 Å². The van der Waals surface area contributed by atoms with Gasteiger partial charge >= 0.3 is 13.5 Å². The predicted octanol–water partition coefficient (Wildman–Crippen LogP) is 6.47. The molecule has 1 aromatic rings. The minimum absolute atomic E-state index is 0.00627. The molecule has 0 aromatic heterocycles. The van der Waals surface area contributed by atoms with Crippen molar-refractivity contribution in [2.75, 3.05) is 6.66 Å². The van der Waals surface area contributed by atoms with E-state index in [9.17, 15) is 14.5 Å². The molecule has 0 heterocycles. The van der Waals surface area contributed by atoms with E-state index in [0.29, 0.717) is 11.3 Å². The highest BCUT2D eigenvalue weighted by Gasteiger charge is 2.29. The molecule has 2 N–H and O–H groups in total. The van der Waals surface area contributed by atoms with Crippen molar-refractivity contribution < 1.29 is 23.7 Å². The Morgan fingerprint density at radius 3 is 2.62 bits per heavy atom. The van der Waals surface area contributed by atoms with Crippen LogP contribution in [0.3, 0.4) is 0 Å². The highest BCUT2D eigenvalue weighted by atomic mass is 31.2. The lowest BCUT2D eigenvalue weighted by Crippen LogP contribution is -2.35. The number of nitrogens with one attached hydrogen (secondary N) is 1. The van der Waals surface area contributed by atoms with Crippen LogP contribution in [0.5, 0.6) is 11.5 Å². The number of hydrogen-bond donors (Lipinski definition) is 2. The summed E-state index contributed by atoms with van der Waals surface area (Å²) < 4.78 is 24.6. The molecule has 3 atom stereocenters. The van der Waals surface area contributed by atoms with E-state index in [2.05, 4.69) is 25.0 Å². The Morgan fingerprint density at radius 1 is 1.28 bits per heavy atom. The number of esters is 1. The molecule has 0 spiro atoms. The SMILES string of the molecule is CCCCCc1cc(O)c(C2C=C(C)CCC2)c(OP(C)(=O)N[C@@H](C)C(=O)OC(C)C)c1. The van der Waals surface area contributed by atoms with Gasteiger partial charge in [-0.15, -0.1) is 0 Å².